The molecule has 0 bridgehead atoms. The largest absolute Gasteiger partial charge is 0.508 e. The quantitative estimate of drug-likeness (QED) is 0.688. The van der Waals surface area contributed by atoms with E-state index in [1.165, 1.54) is 12.1 Å². The molecule has 0 saturated heterocycles. The van der Waals surface area contributed by atoms with Crippen molar-refractivity contribution in [2.45, 2.75) is 25.8 Å². The fourth-order valence-corrected chi connectivity index (χ4v) is 2.62. The van der Waals surface area contributed by atoms with Crippen molar-refractivity contribution >= 4 is 15.9 Å². The normalized spacial score (nSPS) is 12.9. The molecule has 19 heavy (non-hydrogen) atoms. The molecule has 4 N–H and O–H groups in total. The predicted octanol–water partition coefficient (Wildman–Crippen LogP) is 0.118. The molecule has 106 valence electrons. The first-order valence-electron chi connectivity index (χ1n) is 5.92. The highest BCUT2D eigenvalue weighted by Gasteiger charge is 2.19. The van der Waals surface area contributed by atoms with Crippen LogP contribution in [-0.4, -0.2) is 31.2 Å². The maximum Gasteiger partial charge on any atom is 0.250 e. The summed E-state index contributed by atoms with van der Waals surface area (Å²) in [6, 6.07) is 5.27. The van der Waals surface area contributed by atoms with E-state index in [-0.39, 0.29) is 17.9 Å². The van der Waals surface area contributed by atoms with Crippen molar-refractivity contribution in [3.63, 3.8) is 0 Å². The van der Waals surface area contributed by atoms with Gasteiger partial charge >= 0.3 is 0 Å². The molecular weight excluding hydrogens is 268 g/mol. The number of carbonyl (C=O) groups is 1. The first-order chi connectivity index (χ1) is 8.84. The number of sulfonamides is 1. The standard InChI is InChI=1S/C12H18N2O4S/c1-2-7-19(17,18)14-12(16)11(13)8-9-3-5-10(15)6-4-9/h3-6,11,15H,2,7-8,13H2,1H3,(H,14,16). The second-order valence-corrected chi connectivity index (χ2v) is 6.10. The third-order valence-electron chi connectivity index (χ3n) is 2.46. The van der Waals surface area contributed by atoms with E-state index in [1.54, 1.807) is 19.1 Å². The van der Waals surface area contributed by atoms with Gasteiger partial charge in [0.1, 0.15) is 5.75 Å². The van der Waals surface area contributed by atoms with Crippen molar-refractivity contribution in [3.05, 3.63) is 29.8 Å². The zero-order valence-electron chi connectivity index (χ0n) is 10.7. The lowest BCUT2D eigenvalue weighted by Gasteiger charge is -2.12. The van der Waals surface area contributed by atoms with Crippen molar-refractivity contribution in [2.24, 2.45) is 5.73 Å². The van der Waals surface area contributed by atoms with Crippen molar-refractivity contribution in [1.29, 1.82) is 0 Å². The van der Waals surface area contributed by atoms with E-state index < -0.39 is 22.0 Å². The summed E-state index contributed by atoms with van der Waals surface area (Å²) in [5.74, 6) is -0.709. The number of hydrogen-bond donors (Lipinski definition) is 3. The molecule has 0 aliphatic heterocycles. The van der Waals surface area contributed by atoms with Crippen LogP contribution in [0.25, 0.3) is 0 Å². The molecule has 1 aromatic carbocycles. The summed E-state index contributed by atoms with van der Waals surface area (Å²) >= 11 is 0. The third-order valence-corrected chi connectivity index (χ3v) is 3.92. The SMILES string of the molecule is CCCS(=O)(=O)NC(=O)C(N)Cc1ccc(O)cc1. The third kappa shape index (κ3) is 5.27. The van der Waals surface area contributed by atoms with Crippen LogP contribution < -0.4 is 10.5 Å². The van der Waals surface area contributed by atoms with Crippen LogP contribution >= 0.6 is 0 Å². The van der Waals surface area contributed by atoms with Gasteiger partial charge in [0, 0.05) is 0 Å². The molecule has 1 rings (SSSR count). The summed E-state index contributed by atoms with van der Waals surface area (Å²) in [4.78, 5) is 11.6. The van der Waals surface area contributed by atoms with Gasteiger partial charge in [-0.05, 0) is 30.5 Å². The molecule has 0 radical (unpaired) electrons. The molecule has 0 aromatic heterocycles. The monoisotopic (exact) mass is 286 g/mol. The lowest BCUT2D eigenvalue weighted by atomic mass is 10.1. The van der Waals surface area contributed by atoms with Gasteiger partial charge < -0.3 is 10.8 Å². The van der Waals surface area contributed by atoms with Crippen LogP contribution in [0, 0.1) is 0 Å². The number of phenols is 1. The number of carbonyl (C=O) groups excluding carboxylic acids is 1. The van der Waals surface area contributed by atoms with Crippen LogP contribution in [0.5, 0.6) is 5.75 Å². The molecule has 0 saturated carbocycles. The van der Waals surface area contributed by atoms with Crippen molar-refractivity contribution < 1.29 is 18.3 Å². The highest BCUT2D eigenvalue weighted by Crippen LogP contribution is 2.10. The molecular formula is C12H18N2O4S. The zero-order chi connectivity index (χ0) is 14.5. The number of phenolic OH excluding ortho intramolecular Hbond substituents is 1. The van der Waals surface area contributed by atoms with Gasteiger partial charge in [-0.2, -0.15) is 0 Å². The minimum atomic E-state index is -3.59. The van der Waals surface area contributed by atoms with E-state index in [1.807, 2.05) is 4.72 Å². The maximum atomic E-state index is 11.6. The van der Waals surface area contributed by atoms with Gasteiger partial charge in [-0.15, -0.1) is 0 Å². The van der Waals surface area contributed by atoms with Crippen molar-refractivity contribution in [1.82, 2.24) is 4.72 Å². The van der Waals surface area contributed by atoms with Gasteiger partial charge in [-0.1, -0.05) is 19.1 Å². The number of amides is 1. The fraction of sp³-hybridized carbons (Fsp3) is 0.417. The Morgan fingerprint density at radius 3 is 2.47 bits per heavy atom. The average Bonchev–Trinajstić information content (AvgIpc) is 2.31. The molecule has 0 spiro atoms. The smallest absolute Gasteiger partial charge is 0.250 e. The van der Waals surface area contributed by atoms with Gasteiger partial charge in [-0.25, -0.2) is 8.42 Å². The van der Waals surface area contributed by atoms with Gasteiger partial charge in [0.25, 0.3) is 5.91 Å². The van der Waals surface area contributed by atoms with Gasteiger partial charge in [0.05, 0.1) is 11.8 Å². The topological polar surface area (TPSA) is 109 Å². The maximum absolute atomic E-state index is 11.6. The van der Waals surface area contributed by atoms with Crippen molar-refractivity contribution in [2.75, 3.05) is 5.75 Å². The predicted molar refractivity (Wildman–Crippen MR) is 72.0 cm³/mol. The molecule has 1 unspecified atom stereocenters. The molecule has 6 nitrogen and oxygen atoms in total. The molecule has 0 aliphatic rings. The summed E-state index contributed by atoms with van der Waals surface area (Å²) in [6.07, 6.45) is 0.629. The summed E-state index contributed by atoms with van der Waals surface area (Å²) in [7, 11) is -3.59. The number of aromatic hydroxyl groups is 1. The van der Waals surface area contributed by atoms with E-state index in [0.29, 0.717) is 6.42 Å². The molecule has 0 aliphatic carbocycles. The van der Waals surface area contributed by atoms with E-state index in [9.17, 15) is 13.2 Å². The number of nitrogens with one attached hydrogen (secondary N) is 1. The Labute approximate surface area is 112 Å². The number of rotatable bonds is 6. The summed E-state index contributed by atoms with van der Waals surface area (Å²) < 4.78 is 24.8. The first-order valence-corrected chi connectivity index (χ1v) is 7.57. The highest BCUT2D eigenvalue weighted by molar-refractivity contribution is 7.90. The molecule has 1 amide bonds. The van der Waals surface area contributed by atoms with E-state index >= 15 is 0 Å². The zero-order valence-corrected chi connectivity index (χ0v) is 11.5. The minimum Gasteiger partial charge on any atom is -0.508 e. The van der Waals surface area contributed by atoms with E-state index in [0.717, 1.165) is 5.56 Å². The second-order valence-electron chi connectivity index (χ2n) is 4.26. The van der Waals surface area contributed by atoms with Crippen LogP contribution in [0.4, 0.5) is 0 Å². The van der Waals surface area contributed by atoms with Gasteiger partial charge in [-0.3, -0.25) is 9.52 Å². The number of nitrogens with two attached hydrogens (primary N) is 1. The summed E-state index contributed by atoms with van der Waals surface area (Å²) in [5.41, 5.74) is 6.40. The van der Waals surface area contributed by atoms with Gasteiger partial charge in [0.2, 0.25) is 10.0 Å². The van der Waals surface area contributed by atoms with Crippen molar-refractivity contribution in [3.8, 4) is 5.75 Å². The highest BCUT2D eigenvalue weighted by atomic mass is 32.2. The first kappa shape index (κ1) is 15.5. The molecule has 0 fully saturated rings. The van der Waals surface area contributed by atoms with Crippen LogP contribution in [0.3, 0.4) is 0 Å². The Morgan fingerprint density at radius 1 is 1.37 bits per heavy atom. The van der Waals surface area contributed by atoms with Crippen LogP contribution in [-0.2, 0) is 21.2 Å². The Bertz CT molecular complexity index is 525. The second kappa shape index (κ2) is 6.53. The lowest BCUT2D eigenvalue weighted by molar-refractivity contribution is -0.120. The number of benzene rings is 1. The fourth-order valence-electron chi connectivity index (χ4n) is 1.53. The average molecular weight is 286 g/mol. The Hall–Kier alpha value is -1.60. The van der Waals surface area contributed by atoms with Gasteiger partial charge in [0.15, 0.2) is 0 Å². The number of hydrogen-bond acceptors (Lipinski definition) is 5. The lowest BCUT2D eigenvalue weighted by Crippen LogP contribution is -2.45. The minimum absolute atomic E-state index is 0.106. The molecule has 1 aromatic rings. The van der Waals surface area contributed by atoms with Crippen LogP contribution in [0.2, 0.25) is 0 Å². The molecule has 7 heteroatoms. The Balaban J connectivity index is 2.60. The van der Waals surface area contributed by atoms with Crippen LogP contribution in [0.1, 0.15) is 18.9 Å². The van der Waals surface area contributed by atoms with Crippen LogP contribution in [0.15, 0.2) is 24.3 Å². The molecule has 0 heterocycles. The molecule has 1 atom stereocenters. The Morgan fingerprint density at radius 2 is 1.95 bits per heavy atom. The van der Waals surface area contributed by atoms with E-state index in [4.69, 9.17) is 10.8 Å². The summed E-state index contributed by atoms with van der Waals surface area (Å²) in [5, 5.41) is 9.12. The Kier molecular flexibility index (Phi) is 5.31. The van der Waals surface area contributed by atoms with E-state index in [2.05, 4.69) is 0 Å². The summed E-state index contributed by atoms with van der Waals surface area (Å²) in [6.45, 7) is 1.71.